The van der Waals surface area contributed by atoms with Crippen LogP contribution in [0.5, 0.6) is 5.75 Å². The number of hydrogen-bond acceptors (Lipinski definition) is 3. The molecule has 190 valence electrons. The van der Waals surface area contributed by atoms with Gasteiger partial charge in [0.1, 0.15) is 11.8 Å². The molecule has 3 aromatic rings. The first-order chi connectivity index (χ1) is 17.2. The summed E-state index contributed by atoms with van der Waals surface area (Å²) in [5.41, 5.74) is 4.01. The fourth-order valence-electron chi connectivity index (χ4n) is 4.17. The minimum absolute atomic E-state index is 0.127. The maximum Gasteiger partial charge on any atom is 0.261 e. The van der Waals surface area contributed by atoms with E-state index in [4.69, 9.17) is 4.74 Å². The summed E-state index contributed by atoms with van der Waals surface area (Å²) in [6.07, 6.45) is 0.419. The first-order valence-corrected chi connectivity index (χ1v) is 12.6. The zero-order valence-corrected chi connectivity index (χ0v) is 22.1. The van der Waals surface area contributed by atoms with Crippen molar-refractivity contribution in [3.05, 3.63) is 101 Å². The third-order valence-electron chi connectivity index (χ3n) is 6.14. The van der Waals surface area contributed by atoms with Crippen molar-refractivity contribution in [2.24, 2.45) is 0 Å². The number of benzene rings is 3. The van der Waals surface area contributed by atoms with Crippen LogP contribution in [-0.4, -0.2) is 35.9 Å². The van der Waals surface area contributed by atoms with Crippen LogP contribution in [0.25, 0.3) is 0 Å². The molecule has 0 aliphatic carbocycles. The number of carbonyl (C=O) groups is 2. The molecule has 0 saturated carbocycles. The number of ether oxygens (including phenoxy) is 1. The van der Waals surface area contributed by atoms with Gasteiger partial charge >= 0.3 is 0 Å². The van der Waals surface area contributed by atoms with Crippen LogP contribution in [0.15, 0.2) is 78.9 Å². The van der Waals surface area contributed by atoms with E-state index in [2.05, 4.69) is 26.1 Å². The van der Waals surface area contributed by atoms with Gasteiger partial charge in [-0.25, -0.2) is 0 Å². The molecule has 1 N–H and O–H groups in total. The second-order valence-electron chi connectivity index (χ2n) is 10.1. The van der Waals surface area contributed by atoms with E-state index >= 15 is 0 Å². The van der Waals surface area contributed by atoms with Gasteiger partial charge < -0.3 is 15.0 Å². The summed E-state index contributed by atoms with van der Waals surface area (Å²) in [5.74, 6) is 0.287. The highest BCUT2D eigenvalue weighted by molar-refractivity contribution is 5.88. The second kappa shape index (κ2) is 12.4. The van der Waals surface area contributed by atoms with Crippen molar-refractivity contribution in [1.29, 1.82) is 0 Å². The molecule has 1 atom stereocenters. The van der Waals surface area contributed by atoms with Crippen LogP contribution >= 0.6 is 0 Å². The monoisotopic (exact) mass is 486 g/mol. The van der Waals surface area contributed by atoms with Crippen LogP contribution in [0.1, 0.15) is 49.9 Å². The number of nitrogens with zero attached hydrogens (tertiary/aromatic N) is 1. The Kier molecular flexibility index (Phi) is 9.29. The molecule has 5 heteroatoms. The Morgan fingerprint density at radius 3 is 2.17 bits per heavy atom. The van der Waals surface area contributed by atoms with Crippen molar-refractivity contribution in [3.63, 3.8) is 0 Å². The normalized spacial score (nSPS) is 12.0. The van der Waals surface area contributed by atoms with Crippen molar-refractivity contribution in [2.75, 3.05) is 13.2 Å². The second-order valence-corrected chi connectivity index (χ2v) is 10.1. The number of rotatable bonds is 10. The summed E-state index contributed by atoms with van der Waals surface area (Å²) in [6, 6.07) is 25.0. The lowest BCUT2D eigenvalue weighted by atomic mass is 9.86. The van der Waals surface area contributed by atoms with Gasteiger partial charge in [0, 0.05) is 19.5 Å². The summed E-state index contributed by atoms with van der Waals surface area (Å²) in [4.78, 5) is 28.6. The van der Waals surface area contributed by atoms with Gasteiger partial charge in [0.25, 0.3) is 5.91 Å². The summed E-state index contributed by atoms with van der Waals surface area (Å²) in [5, 5.41) is 2.93. The quantitative estimate of drug-likeness (QED) is 0.415. The first-order valence-electron chi connectivity index (χ1n) is 12.6. The summed E-state index contributed by atoms with van der Waals surface area (Å²) in [6.45, 7) is 10.9. The van der Waals surface area contributed by atoms with Gasteiger partial charge in [0.2, 0.25) is 5.91 Å². The van der Waals surface area contributed by atoms with Crippen molar-refractivity contribution in [3.8, 4) is 5.75 Å². The number of nitrogens with one attached hydrogen (secondary N) is 1. The van der Waals surface area contributed by atoms with Crippen molar-refractivity contribution in [1.82, 2.24) is 10.2 Å². The molecule has 0 saturated heterocycles. The molecule has 3 rings (SSSR count). The third kappa shape index (κ3) is 7.45. The molecule has 2 amide bonds. The van der Waals surface area contributed by atoms with E-state index in [0.717, 1.165) is 22.3 Å². The van der Waals surface area contributed by atoms with Gasteiger partial charge in [-0.15, -0.1) is 0 Å². The topological polar surface area (TPSA) is 58.6 Å². The number of para-hydroxylation sites is 1. The maximum absolute atomic E-state index is 13.7. The molecule has 0 aliphatic rings. The van der Waals surface area contributed by atoms with Gasteiger partial charge in [-0.05, 0) is 42.0 Å². The van der Waals surface area contributed by atoms with E-state index in [-0.39, 0.29) is 23.8 Å². The predicted molar refractivity (Wildman–Crippen MR) is 145 cm³/mol. The zero-order valence-electron chi connectivity index (χ0n) is 22.1. The van der Waals surface area contributed by atoms with Gasteiger partial charge in [-0.2, -0.15) is 0 Å². The molecule has 3 aromatic carbocycles. The maximum atomic E-state index is 13.7. The molecular weight excluding hydrogens is 448 g/mol. The lowest BCUT2D eigenvalue weighted by Gasteiger charge is -2.32. The van der Waals surface area contributed by atoms with Crippen molar-refractivity contribution in [2.45, 2.75) is 59.0 Å². The Hall–Kier alpha value is -3.60. The Morgan fingerprint density at radius 1 is 0.889 bits per heavy atom. The van der Waals surface area contributed by atoms with Crippen LogP contribution in [0, 0.1) is 6.92 Å². The number of amides is 2. The standard InChI is InChI=1S/C31H38N2O3/c1-6-32-30(35)27(20-24-12-8-7-9-13-24)33(21-25-18-16-23(2)17-19-25)29(34)22-36-28-15-11-10-14-26(28)31(3,4)5/h7-19,27H,6,20-22H2,1-5H3,(H,32,35)/t27-/m0/s1. The van der Waals surface area contributed by atoms with E-state index < -0.39 is 6.04 Å². The summed E-state index contributed by atoms with van der Waals surface area (Å²) in [7, 11) is 0. The number of aryl methyl sites for hydroxylation is 1. The number of carbonyl (C=O) groups excluding carboxylic acids is 2. The molecule has 36 heavy (non-hydrogen) atoms. The van der Waals surface area contributed by atoms with E-state index in [0.29, 0.717) is 25.3 Å². The highest BCUT2D eigenvalue weighted by atomic mass is 16.5. The van der Waals surface area contributed by atoms with Crippen LogP contribution in [-0.2, 0) is 28.0 Å². The molecular formula is C31H38N2O3. The molecule has 0 heterocycles. The average molecular weight is 487 g/mol. The van der Waals surface area contributed by atoms with Crippen LogP contribution in [0.4, 0.5) is 0 Å². The molecule has 5 nitrogen and oxygen atoms in total. The Balaban J connectivity index is 1.91. The predicted octanol–water partition coefficient (Wildman–Crippen LogP) is 5.45. The molecule has 0 spiro atoms. The van der Waals surface area contributed by atoms with Crippen LogP contribution < -0.4 is 10.1 Å². The van der Waals surface area contributed by atoms with E-state index in [1.165, 1.54) is 0 Å². The molecule has 0 fully saturated rings. The highest BCUT2D eigenvalue weighted by Gasteiger charge is 2.31. The molecule has 0 aliphatic heterocycles. The molecule has 0 aromatic heterocycles. The largest absolute Gasteiger partial charge is 0.483 e. The van der Waals surface area contributed by atoms with Gasteiger partial charge in [-0.3, -0.25) is 9.59 Å². The fourth-order valence-corrected chi connectivity index (χ4v) is 4.17. The fraction of sp³-hybridized carbons (Fsp3) is 0.355. The molecule has 0 unspecified atom stereocenters. The SMILES string of the molecule is CCNC(=O)[C@H](Cc1ccccc1)N(Cc1ccc(C)cc1)C(=O)COc1ccccc1C(C)(C)C. The minimum atomic E-state index is -0.664. The first kappa shape index (κ1) is 27.0. The number of likely N-dealkylation sites (N-methyl/N-ethyl adjacent to an activating group) is 1. The average Bonchev–Trinajstić information content (AvgIpc) is 2.86. The Bertz CT molecular complexity index is 1130. The minimum Gasteiger partial charge on any atom is -0.483 e. The van der Waals surface area contributed by atoms with Crippen molar-refractivity contribution < 1.29 is 14.3 Å². The zero-order chi connectivity index (χ0) is 26.1. The van der Waals surface area contributed by atoms with Crippen LogP contribution in [0.2, 0.25) is 0 Å². The lowest BCUT2D eigenvalue weighted by molar-refractivity contribution is -0.142. The smallest absolute Gasteiger partial charge is 0.261 e. The van der Waals surface area contributed by atoms with Gasteiger partial charge in [-0.1, -0.05) is 99.1 Å². The van der Waals surface area contributed by atoms with Crippen LogP contribution in [0.3, 0.4) is 0 Å². The van der Waals surface area contributed by atoms with Gasteiger partial charge in [0.15, 0.2) is 6.61 Å². The Morgan fingerprint density at radius 2 is 1.53 bits per heavy atom. The Labute approximate surface area is 215 Å². The van der Waals surface area contributed by atoms with E-state index in [1.54, 1.807) is 4.90 Å². The highest BCUT2D eigenvalue weighted by Crippen LogP contribution is 2.31. The summed E-state index contributed by atoms with van der Waals surface area (Å²) >= 11 is 0. The van der Waals surface area contributed by atoms with E-state index in [9.17, 15) is 9.59 Å². The van der Waals surface area contributed by atoms with Gasteiger partial charge in [0.05, 0.1) is 0 Å². The lowest BCUT2D eigenvalue weighted by Crippen LogP contribution is -2.51. The van der Waals surface area contributed by atoms with E-state index in [1.807, 2.05) is 92.7 Å². The summed E-state index contributed by atoms with van der Waals surface area (Å²) < 4.78 is 6.08. The van der Waals surface area contributed by atoms with Crippen molar-refractivity contribution >= 4 is 11.8 Å². The number of hydrogen-bond donors (Lipinski definition) is 1. The molecule has 0 bridgehead atoms. The third-order valence-corrected chi connectivity index (χ3v) is 6.14. The molecule has 0 radical (unpaired) electrons.